The van der Waals surface area contributed by atoms with Crippen molar-refractivity contribution in [2.24, 2.45) is 28.1 Å². The summed E-state index contributed by atoms with van der Waals surface area (Å²) in [4.78, 5) is 0. The largest absolute Gasteiger partial charge is 0.0651 e. The average molecular weight is 240 g/mol. The topological polar surface area (TPSA) is 0 Å². The molecule has 0 aliphatic rings. The van der Waals surface area contributed by atoms with Gasteiger partial charge in [-0.3, -0.25) is 0 Å². The summed E-state index contributed by atoms with van der Waals surface area (Å²) in [6.07, 6.45) is 2.58. The Balaban J connectivity index is 5.02. The van der Waals surface area contributed by atoms with E-state index in [4.69, 9.17) is 0 Å². The Morgan fingerprint density at radius 2 is 1.24 bits per heavy atom. The molecule has 0 radical (unpaired) electrons. The third-order valence-corrected chi connectivity index (χ3v) is 6.05. The predicted octanol–water partition coefficient (Wildman–Crippen LogP) is 6.16. The quantitative estimate of drug-likeness (QED) is 0.522. The zero-order chi connectivity index (χ0) is 14.1. The van der Waals surface area contributed by atoms with Crippen molar-refractivity contribution in [3.8, 4) is 0 Å². The molecular formula is C17H36. The van der Waals surface area contributed by atoms with E-state index in [1.165, 1.54) is 12.8 Å². The van der Waals surface area contributed by atoms with E-state index in [9.17, 15) is 0 Å². The van der Waals surface area contributed by atoms with Crippen LogP contribution in [0, 0.1) is 28.1 Å². The number of rotatable bonds is 6. The standard InChI is InChI=1S/C17H36/c1-11-14(4)17(9,10)16(7,8)12-15(5,6)13(2)3/h13-14H,11-12H2,1-10H3. The highest BCUT2D eigenvalue weighted by Crippen LogP contribution is 2.52. The SMILES string of the molecule is CCC(C)C(C)(C)C(C)(C)CC(C)(C)C(C)C. The van der Waals surface area contributed by atoms with E-state index in [1.807, 2.05) is 0 Å². The molecule has 0 saturated carbocycles. The minimum Gasteiger partial charge on any atom is -0.0651 e. The molecular weight excluding hydrogens is 204 g/mol. The lowest BCUT2D eigenvalue weighted by Gasteiger charge is -2.50. The molecule has 17 heavy (non-hydrogen) atoms. The molecule has 0 rings (SSSR count). The van der Waals surface area contributed by atoms with E-state index in [-0.39, 0.29) is 0 Å². The Labute approximate surface area is 111 Å². The van der Waals surface area contributed by atoms with Crippen LogP contribution in [-0.4, -0.2) is 0 Å². The summed E-state index contributed by atoms with van der Waals surface area (Å²) in [7, 11) is 0. The van der Waals surface area contributed by atoms with Gasteiger partial charge in [0, 0.05) is 0 Å². The van der Waals surface area contributed by atoms with Gasteiger partial charge in [-0.15, -0.1) is 0 Å². The summed E-state index contributed by atoms with van der Waals surface area (Å²) in [5.41, 5.74) is 1.21. The molecule has 0 spiro atoms. The van der Waals surface area contributed by atoms with Gasteiger partial charge < -0.3 is 0 Å². The van der Waals surface area contributed by atoms with Gasteiger partial charge in [0.2, 0.25) is 0 Å². The van der Waals surface area contributed by atoms with Crippen LogP contribution in [0.2, 0.25) is 0 Å². The van der Waals surface area contributed by atoms with Crippen LogP contribution < -0.4 is 0 Å². The lowest BCUT2D eigenvalue weighted by molar-refractivity contribution is -0.00534. The van der Waals surface area contributed by atoms with E-state index in [0.717, 1.165) is 11.8 Å². The first kappa shape index (κ1) is 17.0. The van der Waals surface area contributed by atoms with Crippen LogP contribution in [0.1, 0.15) is 82.1 Å². The van der Waals surface area contributed by atoms with Gasteiger partial charge in [-0.25, -0.2) is 0 Å². The molecule has 0 saturated heterocycles. The fraction of sp³-hybridized carbons (Fsp3) is 1.00. The van der Waals surface area contributed by atoms with Gasteiger partial charge in [0.15, 0.2) is 0 Å². The Bertz CT molecular complexity index is 230. The fourth-order valence-corrected chi connectivity index (χ4v) is 2.75. The predicted molar refractivity (Wildman–Crippen MR) is 80.3 cm³/mol. The van der Waals surface area contributed by atoms with Crippen molar-refractivity contribution >= 4 is 0 Å². The molecule has 0 aromatic rings. The van der Waals surface area contributed by atoms with E-state index >= 15 is 0 Å². The van der Waals surface area contributed by atoms with E-state index in [1.54, 1.807) is 0 Å². The summed E-state index contributed by atoms with van der Waals surface area (Å²) >= 11 is 0. The molecule has 1 atom stereocenters. The van der Waals surface area contributed by atoms with Crippen molar-refractivity contribution in [1.82, 2.24) is 0 Å². The number of hydrogen-bond acceptors (Lipinski definition) is 0. The highest BCUT2D eigenvalue weighted by atomic mass is 14.5. The maximum atomic E-state index is 2.46. The van der Waals surface area contributed by atoms with Crippen LogP contribution >= 0.6 is 0 Å². The lowest BCUT2D eigenvalue weighted by Crippen LogP contribution is -2.41. The Kier molecular flexibility index (Phi) is 5.33. The van der Waals surface area contributed by atoms with E-state index < -0.39 is 0 Å². The molecule has 0 aromatic carbocycles. The summed E-state index contributed by atoms with van der Waals surface area (Å²) < 4.78 is 0. The van der Waals surface area contributed by atoms with Gasteiger partial charge in [-0.1, -0.05) is 75.7 Å². The van der Waals surface area contributed by atoms with Crippen LogP contribution in [0.15, 0.2) is 0 Å². The van der Waals surface area contributed by atoms with Gasteiger partial charge >= 0.3 is 0 Å². The summed E-state index contributed by atoms with van der Waals surface area (Å²) in [5.74, 6) is 1.52. The second-order valence-corrected chi connectivity index (χ2v) is 8.23. The van der Waals surface area contributed by atoms with Crippen LogP contribution in [0.5, 0.6) is 0 Å². The number of hydrogen-bond donors (Lipinski definition) is 0. The smallest absolute Gasteiger partial charge is 0.0277 e. The third kappa shape index (κ3) is 3.73. The van der Waals surface area contributed by atoms with Gasteiger partial charge in [0.05, 0.1) is 0 Å². The van der Waals surface area contributed by atoms with Gasteiger partial charge in [0.25, 0.3) is 0 Å². The first-order valence-electron chi connectivity index (χ1n) is 7.38. The van der Waals surface area contributed by atoms with Crippen LogP contribution in [0.3, 0.4) is 0 Å². The zero-order valence-electron chi connectivity index (χ0n) is 14.1. The molecule has 1 unspecified atom stereocenters. The Hall–Kier alpha value is 0. The third-order valence-electron chi connectivity index (χ3n) is 6.05. The van der Waals surface area contributed by atoms with Crippen molar-refractivity contribution < 1.29 is 0 Å². The second-order valence-electron chi connectivity index (χ2n) is 8.23. The van der Waals surface area contributed by atoms with Crippen molar-refractivity contribution in [2.75, 3.05) is 0 Å². The summed E-state index contributed by atoms with van der Waals surface area (Å²) in [5, 5.41) is 0. The molecule has 0 aliphatic heterocycles. The highest BCUT2D eigenvalue weighted by Gasteiger charge is 2.43. The molecule has 0 heterocycles. The second kappa shape index (κ2) is 5.33. The molecule has 0 N–H and O–H groups in total. The van der Waals surface area contributed by atoms with Crippen LogP contribution in [0.25, 0.3) is 0 Å². The van der Waals surface area contributed by atoms with Gasteiger partial charge in [0.1, 0.15) is 0 Å². The van der Waals surface area contributed by atoms with Crippen molar-refractivity contribution in [1.29, 1.82) is 0 Å². The molecule has 0 heteroatoms. The maximum Gasteiger partial charge on any atom is -0.0277 e. The van der Waals surface area contributed by atoms with Crippen molar-refractivity contribution in [3.05, 3.63) is 0 Å². The first-order chi connectivity index (χ1) is 7.38. The van der Waals surface area contributed by atoms with E-state index in [0.29, 0.717) is 16.2 Å². The summed E-state index contributed by atoms with van der Waals surface area (Å²) in [6.45, 7) is 24.1. The van der Waals surface area contributed by atoms with Crippen LogP contribution in [-0.2, 0) is 0 Å². The molecule has 0 fully saturated rings. The van der Waals surface area contributed by atoms with Crippen LogP contribution in [0.4, 0.5) is 0 Å². The monoisotopic (exact) mass is 240 g/mol. The van der Waals surface area contributed by atoms with E-state index in [2.05, 4.69) is 69.2 Å². The maximum absolute atomic E-state index is 2.46. The minimum absolute atomic E-state index is 0.385. The van der Waals surface area contributed by atoms with Crippen molar-refractivity contribution in [3.63, 3.8) is 0 Å². The zero-order valence-corrected chi connectivity index (χ0v) is 14.1. The van der Waals surface area contributed by atoms with Gasteiger partial charge in [-0.2, -0.15) is 0 Å². The molecule has 0 nitrogen and oxygen atoms in total. The molecule has 0 aromatic heterocycles. The minimum atomic E-state index is 0.385. The molecule has 0 aliphatic carbocycles. The average Bonchev–Trinajstić information content (AvgIpc) is 2.14. The highest BCUT2D eigenvalue weighted by molar-refractivity contribution is 4.93. The van der Waals surface area contributed by atoms with Gasteiger partial charge in [-0.05, 0) is 34.5 Å². The Morgan fingerprint density at radius 1 is 0.824 bits per heavy atom. The lowest BCUT2D eigenvalue weighted by atomic mass is 9.55. The first-order valence-corrected chi connectivity index (χ1v) is 7.38. The van der Waals surface area contributed by atoms with Crippen molar-refractivity contribution in [2.45, 2.75) is 82.1 Å². The fourth-order valence-electron chi connectivity index (χ4n) is 2.75. The molecule has 0 bridgehead atoms. The summed E-state index contributed by atoms with van der Waals surface area (Å²) in [6, 6.07) is 0. The Morgan fingerprint density at radius 3 is 1.53 bits per heavy atom. The normalized spacial score (nSPS) is 16.4. The molecule has 0 amide bonds. The molecule has 104 valence electrons.